The summed E-state index contributed by atoms with van der Waals surface area (Å²) in [6.45, 7) is 0.0502. The Hall–Kier alpha value is -1.82. The van der Waals surface area contributed by atoms with E-state index < -0.39 is 17.6 Å². The van der Waals surface area contributed by atoms with Gasteiger partial charge in [-0.25, -0.2) is 4.39 Å². The first-order valence-corrected chi connectivity index (χ1v) is 5.30. The van der Waals surface area contributed by atoms with Gasteiger partial charge in [0.15, 0.2) is 0 Å². The smallest absolute Gasteiger partial charge is 0.235 e. The normalized spacial score (nSPS) is 20.2. The molecule has 0 spiro atoms. The van der Waals surface area contributed by atoms with Crippen LogP contribution in [-0.2, 0) is 16.1 Å². The Morgan fingerprint density at radius 3 is 2.94 bits per heavy atom. The third-order valence-electron chi connectivity index (χ3n) is 2.79. The van der Waals surface area contributed by atoms with Crippen molar-refractivity contribution in [2.75, 3.05) is 0 Å². The van der Waals surface area contributed by atoms with Crippen LogP contribution in [0.2, 0.25) is 0 Å². The molecule has 0 radical (unpaired) electrons. The number of imide groups is 1. The van der Waals surface area contributed by atoms with Crippen LogP contribution in [0.4, 0.5) is 4.39 Å². The second-order valence-corrected chi connectivity index (χ2v) is 3.88. The van der Waals surface area contributed by atoms with Gasteiger partial charge < -0.3 is 5.73 Å². The van der Waals surface area contributed by atoms with E-state index >= 15 is 0 Å². The SMILES string of the molecule is NCc1ccnc(C2CCC(=O)NC2=O)c1F. The van der Waals surface area contributed by atoms with Crippen molar-refractivity contribution in [1.29, 1.82) is 0 Å². The number of carbonyl (C=O) groups is 2. The van der Waals surface area contributed by atoms with E-state index in [4.69, 9.17) is 5.73 Å². The van der Waals surface area contributed by atoms with Crippen molar-refractivity contribution in [2.24, 2.45) is 5.73 Å². The number of amides is 2. The average molecular weight is 237 g/mol. The summed E-state index contributed by atoms with van der Waals surface area (Å²) in [6.07, 6.45) is 1.90. The molecule has 0 aromatic carbocycles. The molecule has 1 aromatic heterocycles. The van der Waals surface area contributed by atoms with Gasteiger partial charge in [-0.2, -0.15) is 0 Å². The van der Waals surface area contributed by atoms with Crippen LogP contribution in [0.1, 0.15) is 30.0 Å². The largest absolute Gasteiger partial charge is 0.326 e. The van der Waals surface area contributed by atoms with E-state index in [0.717, 1.165) is 0 Å². The number of halogens is 1. The molecule has 1 aliphatic heterocycles. The summed E-state index contributed by atoms with van der Waals surface area (Å²) in [6, 6.07) is 1.48. The number of carbonyl (C=O) groups excluding carboxylic acids is 2. The third kappa shape index (κ3) is 2.16. The van der Waals surface area contributed by atoms with Gasteiger partial charge in [-0.05, 0) is 12.5 Å². The predicted molar refractivity (Wildman–Crippen MR) is 57.2 cm³/mol. The monoisotopic (exact) mass is 237 g/mol. The molecule has 1 aromatic rings. The van der Waals surface area contributed by atoms with Gasteiger partial charge >= 0.3 is 0 Å². The molecule has 5 nitrogen and oxygen atoms in total. The first-order valence-electron chi connectivity index (χ1n) is 5.30. The summed E-state index contributed by atoms with van der Waals surface area (Å²) in [7, 11) is 0. The molecule has 0 saturated carbocycles. The van der Waals surface area contributed by atoms with Crippen molar-refractivity contribution in [3.05, 3.63) is 29.3 Å². The fourth-order valence-corrected chi connectivity index (χ4v) is 1.86. The minimum Gasteiger partial charge on any atom is -0.326 e. The van der Waals surface area contributed by atoms with Crippen LogP contribution in [0.3, 0.4) is 0 Å². The molecular weight excluding hydrogens is 225 g/mol. The highest BCUT2D eigenvalue weighted by atomic mass is 19.1. The summed E-state index contributed by atoms with van der Waals surface area (Å²) in [5.41, 5.74) is 5.77. The average Bonchev–Trinajstić information content (AvgIpc) is 2.30. The number of nitrogens with two attached hydrogens (primary N) is 1. The van der Waals surface area contributed by atoms with Crippen LogP contribution in [0.5, 0.6) is 0 Å². The van der Waals surface area contributed by atoms with E-state index in [-0.39, 0.29) is 31.0 Å². The Kier molecular flexibility index (Phi) is 3.14. The van der Waals surface area contributed by atoms with Gasteiger partial charge in [-0.3, -0.25) is 19.9 Å². The highest BCUT2D eigenvalue weighted by Crippen LogP contribution is 2.26. The van der Waals surface area contributed by atoms with Crippen LogP contribution in [0, 0.1) is 5.82 Å². The van der Waals surface area contributed by atoms with Gasteiger partial charge in [0.25, 0.3) is 0 Å². The summed E-state index contributed by atoms with van der Waals surface area (Å²) in [5.74, 6) is -2.09. The van der Waals surface area contributed by atoms with E-state index in [1.54, 1.807) is 0 Å². The topological polar surface area (TPSA) is 85.1 Å². The number of piperidine rings is 1. The second-order valence-electron chi connectivity index (χ2n) is 3.88. The summed E-state index contributed by atoms with van der Waals surface area (Å²) in [4.78, 5) is 26.5. The maximum atomic E-state index is 13.9. The Bertz CT molecular complexity index is 476. The van der Waals surface area contributed by atoms with Crippen molar-refractivity contribution in [3.8, 4) is 0 Å². The van der Waals surface area contributed by atoms with E-state index in [1.807, 2.05) is 0 Å². The molecule has 2 rings (SSSR count). The Labute approximate surface area is 97.2 Å². The first kappa shape index (κ1) is 11.7. The molecule has 1 aliphatic rings. The Morgan fingerprint density at radius 2 is 2.29 bits per heavy atom. The number of hydrogen-bond acceptors (Lipinski definition) is 4. The number of pyridine rings is 1. The number of aromatic nitrogens is 1. The fraction of sp³-hybridized carbons (Fsp3) is 0.364. The standard InChI is InChI=1S/C11H12FN3O2/c12-9-6(5-13)3-4-14-10(9)7-1-2-8(16)15-11(7)17/h3-4,7H,1-2,5,13H2,(H,15,16,17). The first-order chi connectivity index (χ1) is 8.13. The van der Waals surface area contributed by atoms with Gasteiger partial charge in [-0.15, -0.1) is 0 Å². The molecular formula is C11H12FN3O2. The molecule has 1 saturated heterocycles. The Balaban J connectivity index is 2.34. The zero-order valence-electron chi connectivity index (χ0n) is 9.07. The van der Waals surface area contributed by atoms with Crippen LogP contribution < -0.4 is 11.1 Å². The molecule has 2 amide bonds. The molecule has 17 heavy (non-hydrogen) atoms. The van der Waals surface area contributed by atoms with Gasteiger partial charge in [0, 0.05) is 24.7 Å². The van der Waals surface area contributed by atoms with E-state index in [1.165, 1.54) is 12.3 Å². The molecule has 0 bridgehead atoms. The lowest BCUT2D eigenvalue weighted by Crippen LogP contribution is -2.40. The van der Waals surface area contributed by atoms with Crippen molar-refractivity contribution in [3.63, 3.8) is 0 Å². The third-order valence-corrected chi connectivity index (χ3v) is 2.79. The maximum Gasteiger partial charge on any atom is 0.235 e. The number of hydrogen-bond donors (Lipinski definition) is 2. The predicted octanol–water partition coefficient (Wildman–Crippen LogP) is 0.200. The van der Waals surface area contributed by atoms with Crippen LogP contribution in [0.25, 0.3) is 0 Å². The van der Waals surface area contributed by atoms with Gasteiger partial charge in [0.2, 0.25) is 11.8 Å². The van der Waals surface area contributed by atoms with Crippen LogP contribution in [-0.4, -0.2) is 16.8 Å². The molecule has 6 heteroatoms. The molecule has 1 atom stereocenters. The fourth-order valence-electron chi connectivity index (χ4n) is 1.86. The summed E-state index contributed by atoms with van der Waals surface area (Å²) < 4.78 is 13.9. The molecule has 0 aliphatic carbocycles. The Morgan fingerprint density at radius 1 is 1.53 bits per heavy atom. The zero-order valence-corrected chi connectivity index (χ0v) is 9.07. The number of nitrogens with zero attached hydrogens (tertiary/aromatic N) is 1. The number of nitrogens with one attached hydrogen (secondary N) is 1. The van der Waals surface area contributed by atoms with Crippen LogP contribution in [0.15, 0.2) is 12.3 Å². The van der Waals surface area contributed by atoms with E-state index in [0.29, 0.717) is 5.56 Å². The van der Waals surface area contributed by atoms with Crippen molar-refractivity contribution < 1.29 is 14.0 Å². The number of rotatable bonds is 2. The summed E-state index contributed by atoms with van der Waals surface area (Å²) in [5, 5.41) is 2.18. The highest BCUT2D eigenvalue weighted by molar-refractivity contribution is 6.00. The summed E-state index contributed by atoms with van der Waals surface area (Å²) >= 11 is 0. The quantitative estimate of drug-likeness (QED) is 0.719. The van der Waals surface area contributed by atoms with Crippen LogP contribution >= 0.6 is 0 Å². The molecule has 90 valence electrons. The van der Waals surface area contributed by atoms with Crippen molar-refractivity contribution in [2.45, 2.75) is 25.3 Å². The van der Waals surface area contributed by atoms with Crippen molar-refractivity contribution >= 4 is 11.8 Å². The molecule has 3 N–H and O–H groups in total. The molecule has 1 unspecified atom stereocenters. The minimum absolute atomic E-state index is 0.0502. The van der Waals surface area contributed by atoms with Gasteiger partial charge in [-0.1, -0.05) is 0 Å². The lowest BCUT2D eigenvalue weighted by atomic mass is 9.93. The molecule has 1 fully saturated rings. The van der Waals surface area contributed by atoms with E-state index in [2.05, 4.69) is 10.3 Å². The van der Waals surface area contributed by atoms with Crippen molar-refractivity contribution in [1.82, 2.24) is 10.3 Å². The lowest BCUT2D eigenvalue weighted by Gasteiger charge is -2.21. The lowest BCUT2D eigenvalue weighted by molar-refractivity contribution is -0.134. The minimum atomic E-state index is -0.709. The molecule has 2 heterocycles. The zero-order chi connectivity index (χ0) is 12.4. The van der Waals surface area contributed by atoms with Gasteiger partial charge in [0.05, 0.1) is 11.6 Å². The highest BCUT2D eigenvalue weighted by Gasteiger charge is 2.31. The maximum absolute atomic E-state index is 13.9. The van der Waals surface area contributed by atoms with E-state index in [9.17, 15) is 14.0 Å². The van der Waals surface area contributed by atoms with Gasteiger partial charge in [0.1, 0.15) is 5.82 Å². The second kappa shape index (κ2) is 4.58.